The second kappa shape index (κ2) is 7.53. The van der Waals surface area contributed by atoms with Crippen LogP contribution in [0, 0.1) is 11.2 Å². The van der Waals surface area contributed by atoms with Gasteiger partial charge in [0, 0.05) is 17.9 Å². The SMILES string of the molecule is O=CC1(Cc2ccc(F)cc2)CCN([C@@H]2Cc3ccccc3C[C@H]2O)CC1. The largest absolute Gasteiger partial charge is 0.391 e. The minimum Gasteiger partial charge on any atom is -0.391 e. The summed E-state index contributed by atoms with van der Waals surface area (Å²) < 4.78 is 13.1. The molecule has 1 aliphatic carbocycles. The van der Waals surface area contributed by atoms with Crippen molar-refractivity contribution in [2.24, 2.45) is 5.41 Å². The van der Waals surface area contributed by atoms with Crippen LogP contribution in [0.15, 0.2) is 48.5 Å². The van der Waals surface area contributed by atoms with Crippen LogP contribution < -0.4 is 0 Å². The Kier molecular flexibility index (Phi) is 5.11. The maximum atomic E-state index is 13.1. The zero-order chi connectivity index (χ0) is 18.9. The Labute approximate surface area is 159 Å². The Morgan fingerprint density at radius 1 is 1.04 bits per heavy atom. The van der Waals surface area contributed by atoms with Crippen molar-refractivity contribution in [3.63, 3.8) is 0 Å². The number of halogens is 1. The lowest BCUT2D eigenvalue weighted by molar-refractivity contribution is -0.119. The van der Waals surface area contributed by atoms with Gasteiger partial charge < -0.3 is 9.90 Å². The molecular formula is C23H26FNO2. The fraction of sp³-hybridized carbons (Fsp3) is 0.435. The van der Waals surface area contributed by atoms with E-state index in [4.69, 9.17) is 0 Å². The first kappa shape index (κ1) is 18.3. The highest BCUT2D eigenvalue weighted by molar-refractivity contribution is 5.60. The average Bonchev–Trinajstić information content (AvgIpc) is 2.70. The van der Waals surface area contributed by atoms with Gasteiger partial charge in [-0.2, -0.15) is 0 Å². The predicted octanol–water partition coefficient (Wildman–Crippen LogP) is 3.18. The van der Waals surface area contributed by atoms with Crippen LogP contribution in [-0.2, 0) is 24.1 Å². The van der Waals surface area contributed by atoms with Crippen molar-refractivity contribution in [2.75, 3.05) is 13.1 Å². The summed E-state index contributed by atoms with van der Waals surface area (Å²) in [4.78, 5) is 14.3. The Bertz CT molecular complexity index is 796. The summed E-state index contributed by atoms with van der Waals surface area (Å²) in [5.74, 6) is -0.250. The third kappa shape index (κ3) is 3.83. The summed E-state index contributed by atoms with van der Waals surface area (Å²) in [6.45, 7) is 1.62. The second-order valence-corrected chi connectivity index (χ2v) is 8.13. The van der Waals surface area contributed by atoms with Crippen molar-refractivity contribution in [1.29, 1.82) is 0 Å². The van der Waals surface area contributed by atoms with E-state index in [-0.39, 0.29) is 23.4 Å². The molecule has 1 fully saturated rings. The van der Waals surface area contributed by atoms with Crippen LogP contribution >= 0.6 is 0 Å². The van der Waals surface area contributed by atoms with E-state index in [0.29, 0.717) is 12.8 Å². The molecule has 4 rings (SSSR count). The molecule has 142 valence electrons. The molecule has 0 bridgehead atoms. The molecule has 2 aliphatic rings. The number of rotatable bonds is 4. The fourth-order valence-electron chi connectivity index (χ4n) is 4.70. The zero-order valence-electron chi connectivity index (χ0n) is 15.5. The molecular weight excluding hydrogens is 341 g/mol. The van der Waals surface area contributed by atoms with E-state index in [0.717, 1.165) is 44.2 Å². The molecule has 0 spiro atoms. The molecule has 2 aromatic rings. The summed E-state index contributed by atoms with van der Waals surface area (Å²) in [6.07, 6.45) is 4.51. The van der Waals surface area contributed by atoms with Crippen molar-refractivity contribution in [2.45, 2.75) is 44.2 Å². The lowest BCUT2D eigenvalue weighted by atomic mass is 9.74. The quantitative estimate of drug-likeness (QED) is 0.844. The number of likely N-dealkylation sites (tertiary alicyclic amines) is 1. The van der Waals surface area contributed by atoms with Gasteiger partial charge in [-0.3, -0.25) is 4.90 Å². The third-order valence-corrected chi connectivity index (χ3v) is 6.40. The van der Waals surface area contributed by atoms with Crippen molar-refractivity contribution >= 4 is 6.29 Å². The molecule has 3 nitrogen and oxygen atoms in total. The van der Waals surface area contributed by atoms with Crippen molar-refractivity contribution < 1.29 is 14.3 Å². The number of piperidine rings is 1. The molecule has 1 N–H and O–H groups in total. The standard InChI is InChI=1S/C23H26FNO2/c24-20-7-5-17(6-8-20)15-23(16-26)9-11-25(12-10-23)21-13-18-3-1-2-4-19(18)14-22(21)27/h1-8,16,21-22,27H,9-15H2/t21-,22-/m1/s1. The fourth-order valence-corrected chi connectivity index (χ4v) is 4.70. The molecule has 0 unspecified atom stereocenters. The summed E-state index contributed by atoms with van der Waals surface area (Å²) in [5, 5.41) is 10.7. The van der Waals surface area contributed by atoms with E-state index in [2.05, 4.69) is 23.1 Å². The Balaban J connectivity index is 1.43. The van der Waals surface area contributed by atoms with Gasteiger partial charge in [0.25, 0.3) is 0 Å². The van der Waals surface area contributed by atoms with Crippen molar-refractivity contribution in [3.8, 4) is 0 Å². The lowest BCUT2D eigenvalue weighted by Gasteiger charge is -2.45. The molecule has 1 saturated heterocycles. The van der Waals surface area contributed by atoms with E-state index in [1.54, 1.807) is 12.1 Å². The molecule has 2 aromatic carbocycles. The number of aliphatic hydroxyl groups excluding tert-OH is 1. The third-order valence-electron chi connectivity index (χ3n) is 6.40. The Morgan fingerprint density at radius 3 is 2.30 bits per heavy atom. The second-order valence-electron chi connectivity index (χ2n) is 8.13. The summed E-state index contributed by atoms with van der Waals surface area (Å²) in [6, 6.07) is 14.9. The number of carbonyl (C=O) groups excluding carboxylic acids is 1. The average molecular weight is 367 g/mol. The van der Waals surface area contributed by atoms with E-state index < -0.39 is 0 Å². The molecule has 1 heterocycles. The van der Waals surface area contributed by atoms with Gasteiger partial charge in [-0.25, -0.2) is 4.39 Å². The van der Waals surface area contributed by atoms with Crippen molar-refractivity contribution in [1.82, 2.24) is 4.90 Å². The number of nitrogens with zero attached hydrogens (tertiary/aromatic N) is 1. The summed E-state index contributed by atoms with van der Waals surface area (Å²) in [7, 11) is 0. The van der Waals surface area contributed by atoms with Gasteiger partial charge in [-0.15, -0.1) is 0 Å². The topological polar surface area (TPSA) is 40.5 Å². The van der Waals surface area contributed by atoms with E-state index in [1.165, 1.54) is 23.3 Å². The molecule has 0 saturated carbocycles. The molecule has 4 heteroatoms. The summed E-state index contributed by atoms with van der Waals surface area (Å²) >= 11 is 0. The van der Waals surface area contributed by atoms with Gasteiger partial charge in [0.1, 0.15) is 12.1 Å². The molecule has 2 atom stereocenters. The summed E-state index contributed by atoms with van der Waals surface area (Å²) in [5.41, 5.74) is 3.19. The van der Waals surface area contributed by atoms with Crippen LogP contribution in [-0.4, -0.2) is 41.5 Å². The number of aldehydes is 1. The maximum absolute atomic E-state index is 13.1. The minimum absolute atomic E-state index is 0.121. The van der Waals surface area contributed by atoms with Crippen LogP contribution in [0.1, 0.15) is 29.5 Å². The van der Waals surface area contributed by atoms with Crippen molar-refractivity contribution in [3.05, 3.63) is 71.0 Å². The number of benzene rings is 2. The number of aliphatic hydroxyl groups is 1. The monoisotopic (exact) mass is 367 g/mol. The van der Waals surface area contributed by atoms with Gasteiger partial charge in [0.05, 0.1) is 6.10 Å². The van der Waals surface area contributed by atoms with Gasteiger partial charge >= 0.3 is 0 Å². The first-order valence-corrected chi connectivity index (χ1v) is 9.78. The minimum atomic E-state index is -0.383. The molecule has 0 aromatic heterocycles. The van der Waals surface area contributed by atoms with Crippen LogP contribution in [0.3, 0.4) is 0 Å². The van der Waals surface area contributed by atoms with Crippen LogP contribution in [0.25, 0.3) is 0 Å². The smallest absolute Gasteiger partial charge is 0.126 e. The first-order valence-electron chi connectivity index (χ1n) is 9.78. The maximum Gasteiger partial charge on any atom is 0.126 e. The van der Waals surface area contributed by atoms with E-state index in [1.807, 2.05) is 6.07 Å². The van der Waals surface area contributed by atoms with Crippen LogP contribution in [0.2, 0.25) is 0 Å². The number of hydrogen-bond acceptors (Lipinski definition) is 3. The normalized spacial score (nSPS) is 25.0. The molecule has 0 amide bonds. The highest BCUT2D eigenvalue weighted by atomic mass is 19.1. The highest BCUT2D eigenvalue weighted by Crippen LogP contribution is 2.36. The molecule has 1 aliphatic heterocycles. The Morgan fingerprint density at radius 2 is 1.67 bits per heavy atom. The van der Waals surface area contributed by atoms with E-state index >= 15 is 0 Å². The number of fused-ring (bicyclic) bond motifs is 1. The van der Waals surface area contributed by atoms with Gasteiger partial charge in [0.2, 0.25) is 0 Å². The number of hydrogen-bond donors (Lipinski definition) is 1. The highest BCUT2D eigenvalue weighted by Gasteiger charge is 2.39. The van der Waals surface area contributed by atoms with Crippen LogP contribution in [0.5, 0.6) is 0 Å². The van der Waals surface area contributed by atoms with Crippen LogP contribution in [0.4, 0.5) is 4.39 Å². The van der Waals surface area contributed by atoms with E-state index in [9.17, 15) is 14.3 Å². The lowest BCUT2D eigenvalue weighted by Crippen LogP contribution is -2.53. The molecule has 0 radical (unpaired) electrons. The van der Waals surface area contributed by atoms with Gasteiger partial charge in [-0.05, 0) is 67.6 Å². The Hall–Kier alpha value is -2.04. The first-order chi connectivity index (χ1) is 13.1. The predicted molar refractivity (Wildman–Crippen MR) is 103 cm³/mol. The molecule has 27 heavy (non-hydrogen) atoms. The van der Waals surface area contributed by atoms with Gasteiger partial charge in [0.15, 0.2) is 0 Å². The number of carbonyl (C=O) groups is 1. The van der Waals surface area contributed by atoms with Gasteiger partial charge in [-0.1, -0.05) is 36.4 Å². The zero-order valence-corrected chi connectivity index (χ0v) is 15.5.